The normalized spacial score (nSPS) is 11.5. The number of hydrogen-bond acceptors (Lipinski definition) is 9. The lowest BCUT2D eigenvalue weighted by atomic mass is 10.1. The van der Waals surface area contributed by atoms with Gasteiger partial charge in [0, 0.05) is 37.1 Å². The molecule has 0 spiro atoms. The maximum absolute atomic E-state index is 12.5. The SMILES string of the molecule is Cl.O=C(Cn1nnnc1C(CCCCOB(O)O)NCc1ccncc1)NCc1ccc(Cl)cc1. The van der Waals surface area contributed by atoms with Crippen LogP contribution < -0.4 is 10.6 Å². The first-order chi connectivity index (χ1) is 16.5. The van der Waals surface area contributed by atoms with E-state index < -0.39 is 7.32 Å². The van der Waals surface area contributed by atoms with Gasteiger partial charge in [-0.25, -0.2) is 4.68 Å². The van der Waals surface area contributed by atoms with Gasteiger partial charge in [0.2, 0.25) is 5.91 Å². The number of carbonyl (C=O) groups is 1. The number of pyridine rings is 1. The molecule has 3 rings (SSSR count). The van der Waals surface area contributed by atoms with Crippen molar-refractivity contribution < 1.29 is 19.5 Å². The zero-order valence-electron chi connectivity index (χ0n) is 19.0. The van der Waals surface area contributed by atoms with Crippen LogP contribution in [0.4, 0.5) is 0 Å². The van der Waals surface area contributed by atoms with Gasteiger partial charge < -0.3 is 25.3 Å². The second kappa shape index (κ2) is 15.4. The average Bonchev–Trinajstić information content (AvgIpc) is 3.28. The van der Waals surface area contributed by atoms with E-state index in [9.17, 15) is 4.79 Å². The van der Waals surface area contributed by atoms with Crippen LogP contribution in [0.5, 0.6) is 0 Å². The van der Waals surface area contributed by atoms with E-state index in [0.717, 1.165) is 17.5 Å². The van der Waals surface area contributed by atoms with Gasteiger partial charge in [0.05, 0.1) is 6.04 Å². The zero-order chi connectivity index (χ0) is 24.2. The summed E-state index contributed by atoms with van der Waals surface area (Å²) in [5.74, 6) is 0.320. The number of nitrogens with zero attached hydrogens (tertiary/aromatic N) is 5. The van der Waals surface area contributed by atoms with Gasteiger partial charge in [-0.3, -0.25) is 9.78 Å². The predicted molar refractivity (Wildman–Crippen MR) is 132 cm³/mol. The first kappa shape index (κ1) is 28.6. The molecule has 3 aromatic rings. The van der Waals surface area contributed by atoms with Crippen molar-refractivity contribution in [1.29, 1.82) is 0 Å². The molecule has 1 amide bonds. The maximum Gasteiger partial charge on any atom is 0.633 e. The minimum absolute atomic E-state index is 0. The molecule has 2 heterocycles. The van der Waals surface area contributed by atoms with Crippen LogP contribution >= 0.6 is 24.0 Å². The molecule has 0 radical (unpaired) electrons. The van der Waals surface area contributed by atoms with E-state index in [1.165, 1.54) is 4.68 Å². The molecule has 0 fully saturated rings. The summed E-state index contributed by atoms with van der Waals surface area (Å²) in [6.45, 7) is 1.12. The van der Waals surface area contributed by atoms with E-state index >= 15 is 0 Å². The molecule has 35 heavy (non-hydrogen) atoms. The molecule has 0 aliphatic rings. The number of benzene rings is 1. The molecule has 0 bridgehead atoms. The molecule has 1 aromatic carbocycles. The van der Waals surface area contributed by atoms with Crippen molar-refractivity contribution in [2.45, 2.75) is 44.9 Å². The Hall–Kier alpha value is -2.61. The summed E-state index contributed by atoms with van der Waals surface area (Å²) in [7, 11) is -1.78. The number of nitrogens with one attached hydrogen (secondary N) is 2. The van der Waals surface area contributed by atoms with Gasteiger partial charge in [0.1, 0.15) is 6.54 Å². The van der Waals surface area contributed by atoms with E-state index in [0.29, 0.717) is 36.8 Å². The van der Waals surface area contributed by atoms with Gasteiger partial charge >= 0.3 is 7.32 Å². The topological polar surface area (TPSA) is 147 Å². The molecule has 188 valence electrons. The lowest BCUT2D eigenvalue weighted by Gasteiger charge is -2.18. The third-order valence-corrected chi connectivity index (χ3v) is 5.28. The number of tetrazole rings is 1. The zero-order valence-corrected chi connectivity index (χ0v) is 20.5. The number of hydrogen-bond donors (Lipinski definition) is 4. The predicted octanol–water partition coefficient (Wildman–Crippen LogP) is 1.45. The highest BCUT2D eigenvalue weighted by molar-refractivity contribution is 6.32. The third-order valence-electron chi connectivity index (χ3n) is 5.02. The number of halogens is 2. The Morgan fingerprint density at radius 3 is 2.51 bits per heavy atom. The number of rotatable bonds is 14. The van der Waals surface area contributed by atoms with E-state index in [-0.39, 0.29) is 37.5 Å². The van der Waals surface area contributed by atoms with E-state index in [4.69, 9.17) is 26.3 Å². The number of amides is 1. The fraction of sp³-hybridized carbons (Fsp3) is 0.381. The number of unbranched alkanes of at least 4 members (excludes halogenated alkanes) is 1. The summed E-state index contributed by atoms with van der Waals surface area (Å²) in [6.07, 6.45) is 5.44. The molecule has 0 aliphatic carbocycles. The van der Waals surface area contributed by atoms with Crippen molar-refractivity contribution in [2.75, 3.05) is 6.61 Å². The van der Waals surface area contributed by atoms with Gasteiger partial charge in [0.15, 0.2) is 5.82 Å². The summed E-state index contributed by atoms with van der Waals surface area (Å²) in [4.78, 5) is 16.6. The highest BCUT2D eigenvalue weighted by Gasteiger charge is 2.20. The standard InChI is InChI=1S/C21H27BClN7O4.ClH/c23-18-6-4-16(5-7-18)14-26-20(31)15-30-21(27-28-29-30)19(3-1-2-12-34-22(32)33)25-13-17-8-10-24-11-9-17;/h4-11,19,25,32-33H,1-3,12-15H2,(H,26,31);1H. The highest BCUT2D eigenvalue weighted by atomic mass is 35.5. The summed E-state index contributed by atoms with van der Waals surface area (Å²) < 4.78 is 6.25. The van der Waals surface area contributed by atoms with Crippen LogP contribution in [-0.2, 0) is 29.1 Å². The molecule has 2 aromatic heterocycles. The van der Waals surface area contributed by atoms with Crippen molar-refractivity contribution >= 4 is 37.2 Å². The van der Waals surface area contributed by atoms with Crippen molar-refractivity contribution in [3.63, 3.8) is 0 Å². The van der Waals surface area contributed by atoms with Gasteiger partial charge in [0.25, 0.3) is 0 Å². The van der Waals surface area contributed by atoms with Gasteiger partial charge in [-0.05, 0) is 65.1 Å². The second-order valence-electron chi connectivity index (χ2n) is 7.58. The molecule has 11 nitrogen and oxygen atoms in total. The first-order valence-corrected chi connectivity index (χ1v) is 11.3. The highest BCUT2D eigenvalue weighted by Crippen LogP contribution is 2.18. The minimum atomic E-state index is -1.78. The van der Waals surface area contributed by atoms with Crippen LogP contribution in [-0.4, -0.2) is 55.1 Å². The Balaban J connectivity index is 0.00000432. The second-order valence-corrected chi connectivity index (χ2v) is 8.02. The van der Waals surface area contributed by atoms with Crippen LogP contribution in [0.15, 0.2) is 48.8 Å². The molecule has 0 saturated carbocycles. The van der Waals surface area contributed by atoms with Crippen molar-refractivity contribution in [3.8, 4) is 0 Å². The Labute approximate surface area is 214 Å². The fourth-order valence-corrected chi connectivity index (χ4v) is 3.40. The van der Waals surface area contributed by atoms with E-state index in [1.54, 1.807) is 24.5 Å². The molecule has 0 saturated heterocycles. The van der Waals surface area contributed by atoms with Gasteiger partial charge in [-0.15, -0.1) is 17.5 Å². The Morgan fingerprint density at radius 2 is 1.80 bits per heavy atom. The third kappa shape index (κ3) is 10.3. The van der Waals surface area contributed by atoms with Crippen molar-refractivity contribution in [3.05, 3.63) is 70.8 Å². The van der Waals surface area contributed by atoms with Crippen LogP contribution in [0.3, 0.4) is 0 Å². The first-order valence-electron chi connectivity index (χ1n) is 10.9. The van der Waals surface area contributed by atoms with Gasteiger partial charge in [-0.1, -0.05) is 23.7 Å². The van der Waals surface area contributed by atoms with Crippen molar-refractivity contribution in [2.24, 2.45) is 0 Å². The lowest BCUT2D eigenvalue weighted by molar-refractivity contribution is -0.122. The Kier molecular flexibility index (Phi) is 12.6. The molecular weight excluding hydrogens is 496 g/mol. The van der Waals surface area contributed by atoms with Crippen LogP contribution in [0.2, 0.25) is 5.02 Å². The summed E-state index contributed by atoms with van der Waals surface area (Å²) in [5.41, 5.74) is 1.98. The molecule has 1 atom stereocenters. The summed E-state index contributed by atoms with van der Waals surface area (Å²) in [6, 6.07) is 10.8. The number of aromatic nitrogens is 5. The quantitative estimate of drug-likeness (QED) is 0.182. The monoisotopic (exact) mass is 523 g/mol. The fourth-order valence-electron chi connectivity index (χ4n) is 3.27. The largest absolute Gasteiger partial charge is 0.633 e. The molecule has 4 N–H and O–H groups in total. The smallest absolute Gasteiger partial charge is 0.402 e. The Morgan fingerprint density at radius 1 is 1.09 bits per heavy atom. The van der Waals surface area contributed by atoms with Crippen LogP contribution in [0.1, 0.15) is 42.3 Å². The maximum atomic E-state index is 12.5. The van der Waals surface area contributed by atoms with Crippen LogP contribution in [0, 0.1) is 0 Å². The average molecular weight is 524 g/mol. The lowest BCUT2D eigenvalue weighted by Crippen LogP contribution is -2.31. The molecule has 14 heteroatoms. The minimum Gasteiger partial charge on any atom is -0.402 e. The molecule has 0 aliphatic heterocycles. The van der Waals surface area contributed by atoms with Crippen LogP contribution in [0.25, 0.3) is 0 Å². The van der Waals surface area contributed by atoms with E-state index in [1.807, 2.05) is 24.3 Å². The van der Waals surface area contributed by atoms with Gasteiger partial charge in [-0.2, -0.15) is 0 Å². The van der Waals surface area contributed by atoms with E-state index in [2.05, 4.69) is 31.1 Å². The number of carbonyl (C=O) groups excluding carboxylic acids is 1. The summed E-state index contributed by atoms with van der Waals surface area (Å²) >= 11 is 5.90. The Bertz CT molecular complexity index is 1010. The molecule has 1 unspecified atom stereocenters. The van der Waals surface area contributed by atoms with Crippen molar-refractivity contribution in [1.82, 2.24) is 35.8 Å². The summed E-state index contributed by atoms with van der Waals surface area (Å²) in [5, 5.41) is 36.5. The molecular formula is C21H28BCl2N7O4.